The summed E-state index contributed by atoms with van der Waals surface area (Å²) in [4.78, 5) is 70.0. The molecule has 4 aliphatic heterocycles. The molecule has 3 aromatic rings. The maximum Gasteiger partial charge on any atom is 0.410 e. The lowest BCUT2D eigenvalue weighted by atomic mass is 9.91. The second-order valence-corrected chi connectivity index (χ2v) is 21.6. The number of carbonyl (C=O) groups is 4. The van der Waals surface area contributed by atoms with Crippen molar-refractivity contribution >= 4 is 35.8 Å². The number of amides is 4. The number of nitrogens with zero attached hydrogens (tertiary/aromatic N) is 7. The van der Waals surface area contributed by atoms with Gasteiger partial charge in [-0.25, -0.2) is 14.6 Å². The minimum Gasteiger partial charge on any atom is -0.468 e. The van der Waals surface area contributed by atoms with Crippen molar-refractivity contribution in [2.45, 2.75) is 136 Å². The normalized spacial score (nSPS) is 18.9. The van der Waals surface area contributed by atoms with Gasteiger partial charge in [0, 0.05) is 98.7 Å². The van der Waals surface area contributed by atoms with Gasteiger partial charge in [0.05, 0.1) is 30.3 Å². The highest BCUT2D eigenvalue weighted by molar-refractivity contribution is 5.93. The number of hydrogen-bond donors (Lipinski definition) is 5. The van der Waals surface area contributed by atoms with Gasteiger partial charge in [-0.3, -0.25) is 24.3 Å². The third kappa shape index (κ3) is 16.2. The van der Waals surface area contributed by atoms with E-state index in [-0.39, 0.29) is 50.9 Å². The number of aliphatic hydroxyl groups is 2. The van der Waals surface area contributed by atoms with Gasteiger partial charge < -0.3 is 64.8 Å². The van der Waals surface area contributed by atoms with Crippen LogP contribution in [0.2, 0.25) is 0 Å². The highest BCUT2D eigenvalue weighted by Crippen LogP contribution is 2.32. The molecule has 1 aromatic heterocycles. The molecule has 5 heterocycles. The fourth-order valence-corrected chi connectivity index (χ4v) is 9.15. The van der Waals surface area contributed by atoms with Crippen LogP contribution in [0.25, 0.3) is 0 Å². The van der Waals surface area contributed by atoms with Crippen molar-refractivity contribution in [2.75, 3.05) is 90.4 Å². The first kappa shape index (κ1) is 58.2. The number of benzene rings is 2. The first-order valence-electron chi connectivity index (χ1n) is 25.7. The molecule has 75 heavy (non-hydrogen) atoms. The van der Waals surface area contributed by atoms with Gasteiger partial charge in [0.2, 0.25) is 11.9 Å². The van der Waals surface area contributed by atoms with Crippen LogP contribution < -0.4 is 30.7 Å². The molecule has 2 saturated heterocycles. The van der Waals surface area contributed by atoms with Crippen LogP contribution in [-0.4, -0.2) is 192 Å². The van der Waals surface area contributed by atoms with Crippen LogP contribution in [0.3, 0.4) is 0 Å². The molecule has 4 atom stereocenters. The average Bonchev–Trinajstić information content (AvgIpc) is 3.35. The predicted octanol–water partition coefficient (Wildman–Crippen LogP) is 3.74. The van der Waals surface area contributed by atoms with Gasteiger partial charge in [-0.15, -0.1) is 0 Å². The van der Waals surface area contributed by atoms with Crippen molar-refractivity contribution in [3.8, 4) is 11.5 Å². The summed E-state index contributed by atoms with van der Waals surface area (Å²) in [6.45, 7) is 21.7. The van der Waals surface area contributed by atoms with Crippen molar-refractivity contribution in [3.05, 3.63) is 70.4 Å². The SMILES string of the molecule is COCOc1ccc2c(c1)CN(C(=O)OC(C)(C)C)[C@H]([C@H](O)CN)C2.COCOc1ccc2c(c1)CN(C(=O)OC(C)(C)C)[C@H]([C@H](O)CNC(=O)c1cc(NC3CN(C(C)=O)C3)nc(N3CCN(C(C)C)CC3)n1)C2. The smallest absolute Gasteiger partial charge is 0.410 e. The molecule has 0 spiro atoms. The van der Waals surface area contributed by atoms with Crippen molar-refractivity contribution in [3.63, 3.8) is 0 Å². The van der Waals surface area contributed by atoms with E-state index in [1.807, 2.05) is 57.2 Å². The number of anilines is 2. The minimum atomic E-state index is -1.11. The third-order valence-electron chi connectivity index (χ3n) is 13.2. The highest BCUT2D eigenvalue weighted by atomic mass is 16.7. The Morgan fingerprint density at radius 2 is 1.24 bits per heavy atom. The van der Waals surface area contributed by atoms with Crippen molar-refractivity contribution in [1.29, 1.82) is 0 Å². The number of piperazine rings is 1. The van der Waals surface area contributed by atoms with E-state index in [1.54, 1.807) is 57.8 Å². The number of nitrogens with two attached hydrogens (primary N) is 1. The number of nitrogens with one attached hydrogen (secondary N) is 2. The van der Waals surface area contributed by atoms with E-state index in [0.29, 0.717) is 74.9 Å². The predicted molar refractivity (Wildman–Crippen MR) is 280 cm³/mol. The molecule has 6 N–H and O–H groups in total. The second kappa shape index (κ2) is 25.7. The molecule has 2 fully saturated rings. The van der Waals surface area contributed by atoms with E-state index in [9.17, 15) is 29.4 Å². The lowest BCUT2D eigenvalue weighted by Crippen LogP contribution is -2.56. The number of aliphatic hydroxyl groups excluding tert-OH is 2. The Morgan fingerprint density at radius 3 is 1.69 bits per heavy atom. The molecular formula is C53H80N10O12. The van der Waals surface area contributed by atoms with Gasteiger partial charge in [0.25, 0.3) is 5.91 Å². The number of likely N-dealkylation sites (tertiary alicyclic amines) is 1. The fourth-order valence-electron chi connectivity index (χ4n) is 9.15. The number of fused-ring (bicyclic) bond motifs is 2. The molecule has 414 valence electrons. The molecular weight excluding hydrogens is 969 g/mol. The second-order valence-electron chi connectivity index (χ2n) is 21.6. The summed E-state index contributed by atoms with van der Waals surface area (Å²) in [5.41, 5.74) is 8.27. The van der Waals surface area contributed by atoms with Crippen LogP contribution >= 0.6 is 0 Å². The number of carbonyl (C=O) groups excluding carboxylic acids is 4. The molecule has 4 amide bonds. The zero-order chi connectivity index (χ0) is 54.8. The van der Waals surface area contributed by atoms with Crippen LogP contribution in [0.5, 0.6) is 11.5 Å². The van der Waals surface area contributed by atoms with Crippen LogP contribution in [0.4, 0.5) is 21.4 Å². The average molecular weight is 1050 g/mol. The summed E-state index contributed by atoms with van der Waals surface area (Å²) in [6, 6.07) is 12.2. The Morgan fingerprint density at radius 1 is 0.733 bits per heavy atom. The monoisotopic (exact) mass is 1050 g/mol. The Bertz CT molecular complexity index is 2420. The molecule has 0 bridgehead atoms. The molecule has 0 aliphatic carbocycles. The van der Waals surface area contributed by atoms with Crippen LogP contribution in [-0.2, 0) is 49.7 Å². The minimum absolute atomic E-state index is 0.00723. The molecule has 7 rings (SSSR count). The summed E-state index contributed by atoms with van der Waals surface area (Å²) >= 11 is 0. The van der Waals surface area contributed by atoms with Gasteiger partial charge >= 0.3 is 12.2 Å². The molecule has 0 saturated carbocycles. The van der Waals surface area contributed by atoms with Crippen molar-refractivity contribution in [2.24, 2.45) is 5.73 Å². The Kier molecular flexibility index (Phi) is 19.9. The van der Waals surface area contributed by atoms with Crippen molar-refractivity contribution in [1.82, 2.24) is 34.9 Å². The van der Waals surface area contributed by atoms with Crippen molar-refractivity contribution < 1.29 is 57.8 Å². The maximum absolute atomic E-state index is 13.6. The first-order chi connectivity index (χ1) is 35.4. The standard InChI is InChI=1S/C35H52N8O7.C18H28N2O5/c1-22(2)40-10-12-41(13-11-40)33-38-28(16-31(39-33)37-26-19-42(20-26)23(3)44)32(46)36-17-30(45)29-15-24-8-9-27(49-21-48-7)14-25(24)18-43(29)34(47)50-35(4,5)6;1-18(2,3)25-17(22)20-10-13-7-14(24-11-23-4)6-5-12(13)8-15(20)16(21)9-19/h8-9,14,16,22,26,29-30,45H,10-13,15,17-21H2,1-7H3,(H,36,46)(H,37,38,39);5-7,15-16,21H,8-11,19H2,1-4H3/t29-,30+;15-,16+/m00/s1. The molecule has 2 aromatic carbocycles. The first-order valence-corrected chi connectivity index (χ1v) is 25.7. The molecule has 0 unspecified atom stereocenters. The third-order valence-corrected chi connectivity index (χ3v) is 13.2. The number of aromatic nitrogens is 2. The summed E-state index contributed by atoms with van der Waals surface area (Å²) in [6.07, 6.45) is -2.08. The molecule has 22 heteroatoms. The van der Waals surface area contributed by atoms with Gasteiger partial charge in [-0.2, -0.15) is 4.98 Å². The van der Waals surface area contributed by atoms with E-state index < -0.39 is 53.6 Å². The summed E-state index contributed by atoms with van der Waals surface area (Å²) < 4.78 is 32.2. The fraction of sp³-hybridized carbons (Fsp3) is 0.623. The summed E-state index contributed by atoms with van der Waals surface area (Å²) in [5, 5.41) is 28.0. The Balaban J connectivity index is 0.000000306. The molecule has 4 aliphatic rings. The van der Waals surface area contributed by atoms with E-state index in [2.05, 4.69) is 39.3 Å². The van der Waals surface area contributed by atoms with Gasteiger partial charge in [-0.1, -0.05) is 12.1 Å². The van der Waals surface area contributed by atoms with E-state index in [4.69, 9.17) is 39.1 Å². The number of ether oxygens (including phenoxy) is 6. The zero-order valence-corrected chi connectivity index (χ0v) is 45.6. The Labute approximate surface area is 441 Å². The van der Waals surface area contributed by atoms with Gasteiger partial charge in [0.1, 0.15) is 34.2 Å². The summed E-state index contributed by atoms with van der Waals surface area (Å²) in [7, 11) is 3.10. The molecule has 22 nitrogen and oxygen atoms in total. The molecule has 0 radical (unpaired) electrons. The maximum atomic E-state index is 13.6. The topological polar surface area (TPSA) is 256 Å². The quantitative estimate of drug-likeness (QED) is 0.128. The van der Waals surface area contributed by atoms with E-state index in [1.165, 1.54) is 4.90 Å². The lowest BCUT2D eigenvalue weighted by Gasteiger charge is -2.40. The van der Waals surface area contributed by atoms with Crippen LogP contribution in [0, 0.1) is 0 Å². The van der Waals surface area contributed by atoms with Crippen LogP contribution in [0.1, 0.15) is 95.1 Å². The number of hydrogen-bond acceptors (Lipinski definition) is 18. The van der Waals surface area contributed by atoms with E-state index >= 15 is 0 Å². The van der Waals surface area contributed by atoms with Gasteiger partial charge in [0.15, 0.2) is 13.6 Å². The van der Waals surface area contributed by atoms with Crippen LogP contribution in [0.15, 0.2) is 42.5 Å². The Hall–Kier alpha value is -6.04. The number of methoxy groups -OCH3 is 2. The largest absolute Gasteiger partial charge is 0.468 e. The highest BCUT2D eigenvalue weighted by Gasteiger charge is 2.39. The van der Waals surface area contributed by atoms with Gasteiger partial charge in [-0.05, 0) is 115 Å². The van der Waals surface area contributed by atoms with E-state index in [0.717, 1.165) is 35.3 Å². The summed E-state index contributed by atoms with van der Waals surface area (Å²) in [5.74, 6) is 1.75. The zero-order valence-electron chi connectivity index (χ0n) is 45.6. The number of rotatable bonds is 16. The lowest BCUT2D eigenvalue weighted by molar-refractivity contribution is -0.132.